The van der Waals surface area contributed by atoms with Gasteiger partial charge in [-0.3, -0.25) is 4.98 Å². The Morgan fingerprint density at radius 1 is 1.06 bits per heavy atom. The molecule has 0 aliphatic carbocycles. The molecule has 0 saturated heterocycles. The molecule has 2 nitrogen and oxygen atoms in total. The first kappa shape index (κ1) is 24.9. The molecule has 0 atom stereocenters. The van der Waals surface area contributed by atoms with Crippen LogP contribution in [0.1, 0.15) is 16.0 Å². The molecule has 31 heavy (non-hydrogen) atoms. The van der Waals surface area contributed by atoms with Crippen molar-refractivity contribution in [3.05, 3.63) is 101 Å². The number of thiophene rings is 1. The maximum Gasteiger partial charge on any atom is 0.417 e. The van der Waals surface area contributed by atoms with Crippen molar-refractivity contribution in [2.24, 2.45) is 0 Å². The average Bonchev–Trinajstić information content (AvgIpc) is 3.13. The summed E-state index contributed by atoms with van der Waals surface area (Å²) in [6.07, 6.45) is 2.34. The summed E-state index contributed by atoms with van der Waals surface area (Å²) in [7, 11) is 2.15. The maximum atomic E-state index is 12.4. The van der Waals surface area contributed by atoms with E-state index in [2.05, 4.69) is 36.2 Å². The third kappa shape index (κ3) is 7.98. The van der Waals surface area contributed by atoms with Gasteiger partial charge in [0.2, 0.25) is 0 Å². The second-order valence-electron chi connectivity index (χ2n) is 6.78. The largest absolute Gasteiger partial charge is 0.417 e. The Bertz CT molecular complexity index is 978. The third-order valence-corrected chi connectivity index (χ3v) is 5.67. The topological polar surface area (TPSA) is 16.1 Å². The molecule has 0 spiro atoms. The summed E-state index contributed by atoms with van der Waals surface area (Å²) in [5.41, 5.74) is 1.92. The lowest BCUT2D eigenvalue weighted by atomic mass is 10.1. The number of pyridine rings is 1. The molecule has 1 aliphatic heterocycles. The number of benzene rings is 1. The lowest BCUT2D eigenvalue weighted by Gasteiger charge is -2.21. The quantitative estimate of drug-likeness (QED) is 0.365. The molecule has 0 amide bonds. The molecule has 0 radical (unpaired) electrons. The van der Waals surface area contributed by atoms with E-state index in [9.17, 15) is 13.2 Å². The normalized spacial score (nSPS) is 13.1. The molecule has 1 aromatic carbocycles. The Morgan fingerprint density at radius 2 is 1.74 bits per heavy atom. The van der Waals surface area contributed by atoms with Gasteiger partial charge in [-0.05, 0) is 36.7 Å². The van der Waals surface area contributed by atoms with Crippen molar-refractivity contribution in [1.29, 1.82) is 0 Å². The predicted octanol–water partition coefficient (Wildman–Crippen LogP) is 7.52. The monoisotopic (exact) mass is 464 g/mol. The van der Waals surface area contributed by atoms with Crippen LogP contribution in [-0.2, 0) is 19.1 Å². The first-order valence-electron chi connectivity index (χ1n) is 9.51. The van der Waals surface area contributed by atoms with Crippen LogP contribution in [0.3, 0.4) is 0 Å². The van der Waals surface area contributed by atoms with E-state index in [0.29, 0.717) is 5.56 Å². The van der Waals surface area contributed by atoms with E-state index in [4.69, 9.17) is 11.6 Å². The molecule has 0 saturated carbocycles. The number of likely N-dealkylation sites (N-methyl/N-ethyl adjacent to an activating group) is 1. The maximum absolute atomic E-state index is 12.4. The van der Waals surface area contributed by atoms with E-state index in [0.717, 1.165) is 35.1 Å². The highest BCUT2D eigenvalue weighted by Crippen LogP contribution is 2.31. The van der Waals surface area contributed by atoms with Crippen LogP contribution < -0.4 is 0 Å². The summed E-state index contributed by atoms with van der Waals surface area (Å²) in [4.78, 5) is 7.38. The fourth-order valence-corrected chi connectivity index (χ4v) is 4.22. The zero-order valence-electron chi connectivity index (χ0n) is 17.2. The van der Waals surface area contributed by atoms with E-state index in [1.807, 2.05) is 6.07 Å². The van der Waals surface area contributed by atoms with Crippen molar-refractivity contribution in [2.75, 3.05) is 13.6 Å². The van der Waals surface area contributed by atoms with Gasteiger partial charge in [0.1, 0.15) is 0 Å². The van der Waals surface area contributed by atoms with Crippen LogP contribution in [0.5, 0.6) is 0 Å². The van der Waals surface area contributed by atoms with Gasteiger partial charge in [-0.25, -0.2) is 0 Å². The highest BCUT2D eigenvalue weighted by atomic mass is 35.5. The molecule has 0 fully saturated rings. The molecule has 2 aromatic heterocycles. The minimum absolute atomic E-state index is 0.468. The molecule has 3 aromatic rings. The van der Waals surface area contributed by atoms with Crippen molar-refractivity contribution in [3.8, 4) is 11.1 Å². The van der Waals surface area contributed by atoms with Gasteiger partial charge < -0.3 is 4.90 Å². The second-order valence-corrected chi connectivity index (χ2v) is 8.55. The first-order chi connectivity index (χ1) is 14.7. The van der Waals surface area contributed by atoms with E-state index in [1.54, 1.807) is 47.8 Å². The second kappa shape index (κ2) is 11.8. The molecule has 7 heteroatoms. The Balaban J connectivity index is 0.000000197. The highest BCUT2D eigenvalue weighted by molar-refractivity contribution is 7.16. The average molecular weight is 465 g/mol. The van der Waals surface area contributed by atoms with E-state index in [1.165, 1.54) is 23.2 Å². The number of nitrogens with zero attached hydrogens (tertiary/aromatic N) is 2. The van der Waals surface area contributed by atoms with Crippen LogP contribution in [0.4, 0.5) is 13.2 Å². The van der Waals surface area contributed by atoms with Gasteiger partial charge in [-0.1, -0.05) is 67.2 Å². The third-order valence-electron chi connectivity index (χ3n) is 4.38. The number of hydrogen-bond donors (Lipinski definition) is 0. The van der Waals surface area contributed by atoms with Crippen LogP contribution in [0.2, 0.25) is 4.34 Å². The van der Waals surface area contributed by atoms with Crippen LogP contribution in [0, 0.1) is 0 Å². The molecule has 1 aliphatic rings. The number of alkyl halides is 3. The summed E-state index contributed by atoms with van der Waals surface area (Å²) < 4.78 is 38.3. The van der Waals surface area contributed by atoms with Crippen molar-refractivity contribution in [3.63, 3.8) is 0 Å². The summed E-state index contributed by atoms with van der Waals surface area (Å²) >= 11 is 7.62. The smallest absolute Gasteiger partial charge is 0.301 e. The predicted molar refractivity (Wildman–Crippen MR) is 124 cm³/mol. The van der Waals surface area contributed by atoms with E-state index < -0.39 is 11.7 Å². The number of hydrogen-bond acceptors (Lipinski definition) is 3. The minimum Gasteiger partial charge on any atom is -0.301 e. The minimum atomic E-state index is -4.35. The number of halogens is 4. The van der Waals surface area contributed by atoms with E-state index >= 15 is 0 Å². The van der Waals surface area contributed by atoms with Crippen LogP contribution in [-0.4, -0.2) is 23.5 Å². The molecular formula is C24H24ClF3N2S. The van der Waals surface area contributed by atoms with Crippen LogP contribution in [0.25, 0.3) is 11.1 Å². The molecule has 3 heterocycles. The molecule has 0 unspecified atom stereocenters. The van der Waals surface area contributed by atoms with E-state index in [-0.39, 0.29) is 0 Å². The molecule has 0 N–H and O–H groups in total. The van der Waals surface area contributed by atoms with Gasteiger partial charge in [0.05, 0.1) is 9.90 Å². The Hall–Kier alpha value is -2.41. The molecule has 164 valence electrons. The Kier molecular flexibility index (Phi) is 9.49. The van der Waals surface area contributed by atoms with Crippen molar-refractivity contribution < 1.29 is 13.2 Å². The zero-order valence-corrected chi connectivity index (χ0v) is 18.8. The lowest BCUT2D eigenvalue weighted by Crippen LogP contribution is -2.24. The Morgan fingerprint density at radius 3 is 2.35 bits per heavy atom. The van der Waals surface area contributed by atoms with Crippen molar-refractivity contribution in [2.45, 2.75) is 19.1 Å². The van der Waals surface area contributed by atoms with Gasteiger partial charge in [0.25, 0.3) is 0 Å². The number of aromatic nitrogens is 1. The van der Waals surface area contributed by atoms with Crippen LogP contribution in [0.15, 0.2) is 80.2 Å². The van der Waals surface area contributed by atoms with Gasteiger partial charge in [-0.2, -0.15) is 13.2 Å². The molecule has 0 bridgehead atoms. The van der Waals surface area contributed by atoms with Crippen LogP contribution >= 0.6 is 22.9 Å². The van der Waals surface area contributed by atoms with Gasteiger partial charge in [0, 0.05) is 35.9 Å². The van der Waals surface area contributed by atoms with Crippen molar-refractivity contribution >= 4 is 22.9 Å². The number of allylic oxidation sites excluding steroid dienone is 2. The summed E-state index contributed by atoms with van der Waals surface area (Å²) in [5, 5.41) is 0. The van der Waals surface area contributed by atoms with Gasteiger partial charge in [0.15, 0.2) is 0 Å². The first-order valence-corrected chi connectivity index (χ1v) is 10.7. The van der Waals surface area contributed by atoms with Crippen molar-refractivity contribution in [1.82, 2.24) is 9.88 Å². The Labute approximate surface area is 190 Å². The molecule has 4 rings (SSSR count). The summed E-state index contributed by atoms with van der Waals surface area (Å²) in [6, 6.07) is 12.1. The summed E-state index contributed by atoms with van der Waals surface area (Å²) in [6.45, 7) is 8.97. The fourth-order valence-electron chi connectivity index (χ4n) is 2.79. The number of rotatable bonds is 2. The highest BCUT2D eigenvalue weighted by Gasteiger charge is 2.31. The zero-order chi connectivity index (χ0) is 22.9. The lowest BCUT2D eigenvalue weighted by molar-refractivity contribution is -0.137. The van der Waals surface area contributed by atoms with Gasteiger partial charge in [-0.15, -0.1) is 11.3 Å². The van der Waals surface area contributed by atoms with Gasteiger partial charge >= 0.3 is 6.18 Å². The fraction of sp³-hybridized carbons (Fsp3) is 0.208. The standard InChI is InChI=1S/C12H8F3N.C8H10ClNS.C4H6/c13-12(14,15)11-6-10(7-16-8-11)9-4-2-1-3-5-9;1-10-3-2-6-4-8(9)11-7(6)5-10;1-3-4-2/h1-8H;4H,2-3,5H2,1H3;3-4H,1-2H2. The SMILES string of the molecule is C=CC=C.CN1CCc2cc(Cl)sc2C1.FC(F)(F)c1cncc(-c2ccccc2)c1. The summed E-state index contributed by atoms with van der Waals surface area (Å²) in [5.74, 6) is 0. The molecular weight excluding hydrogens is 441 g/mol. The number of fused-ring (bicyclic) bond motifs is 1.